The number of likely N-dealkylation sites (tertiary alicyclic amines) is 1. The number of alkyl halides is 1. The molecule has 1 aliphatic heterocycles. The zero-order valence-electron chi connectivity index (χ0n) is 15.7. The number of fused-ring (bicyclic) bond motifs is 1. The van der Waals surface area contributed by atoms with E-state index in [9.17, 15) is 9.50 Å². The molecule has 2 N–H and O–H groups in total. The van der Waals surface area contributed by atoms with Gasteiger partial charge in [-0.25, -0.2) is 9.37 Å². The minimum Gasteiger partial charge on any atom is -0.507 e. The molecule has 3 aromatic rings. The number of pyridine rings is 1. The molecule has 4 rings (SSSR count). The van der Waals surface area contributed by atoms with E-state index in [4.69, 9.17) is 16.0 Å². The molecule has 2 aromatic heterocycles. The Hall–Kier alpha value is -2.38. The minimum atomic E-state index is -0.949. The number of nitrogens with one attached hydrogen (secondary N) is 1. The second-order valence-electron chi connectivity index (χ2n) is 7.10. The third kappa shape index (κ3) is 3.64. The Balaban J connectivity index is 1.62. The number of aryl methyl sites for hydroxylation is 1. The Morgan fingerprint density at radius 3 is 2.93 bits per heavy atom. The third-order valence-electron chi connectivity index (χ3n) is 5.16. The van der Waals surface area contributed by atoms with Gasteiger partial charge >= 0.3 is 0 Å². The van der Waals surface area contributed by atoms with Gasteiger partial charge in [-0.15, -0.1) is 0 Å². The number of hydrogen-bond donors (Lipinski definition) is 2. The van der Waals surface area contributed by atoms with Gasteiger partial charge in [0.15, 0.2) is 5.58 Å². The van der Waals surface area contributed by atoms with Crippen molar-refractivity contribution < 1.29 is 13.9 Å². The number of aromatic hydroxyl groups is 1. The molecule has 0 bridgehead atoms. The summed E-state index contributed by atoms with van der Waals surface area (Å²) < 4.78 is 20.0. The van der Waals surface area contributed by atoms with Crippen molar-refractivity contribution >= 4 is 28.8 Å². The highest BCUT2D eigenvalue weighted by Gasteiger charge is 2.29. The predicted octanol–water partition coefficient (Wildman–Crippen LogP) is 4.40. The van der Waals surface area contributed by atoms with Gasteiger partial charge in [-0.2, -0.15) is 4.98 Å². The van der Waals surface area contributed by atoms with Gasteiger partial charge in [0.1, 0.15) is 11.9 Å². The lowest BCUT2D eigenvalue weighted by atomic mass is 10.0. The van der Waals surface area contributed by atoms with E-state index in [1.54, 1.807) is 18.2 Å². The Morgan fingerprint density at radius 1 is 1.36 bits per heavy atom. The molecule has 0 aliphatic carbocycles. The van der Waals surface area contributed by atoms with Gasteiger partial charge in [-0.05, 0) is 49.7 Å². The highest BCUT2D eigenvalue weighted by molar-refractivity contribution is 6.31. The maximum Gasteiger partial charge on any atom is 0.297 e. The molecular weight excluding hydrogens is 383 g/mol. The summed E-state index contributed by atoms with van der Waals surface area (Å²) in [5, 5.41) is 13.8. The van der Waals surface area contributed by atoms with Crippen molar-refractivity contribution in [2.75, 3.05) is 25.0 Å². The van der Waals surface area contributed by atoms with Crippen LogP contribution in [0.5, 0.6) is 5.75 Å². The van der Waals surface area contributed by atoms with Gasteiger partial charge < -0.3 is 19.7 Å². The van der Waals surface area contributed by atoms with Crippen molar-refractivity contribution in [3.63, 3.8) is 0 Å². The fourth-order valence-corrected chi connectivity index (χ4v) is 3.92. The average Bonchev–Trinajstić information content (AvgIpc) is 3.04. The Morgan fingerprint density at radius 2 is 2.18 bits per heavy atom. The number of likely N-dealkylation sites (N-methyl/N-ethyl adjacent to an activating group) is 1. The van der Waals surface area contributed by atoms with Crippen molar-refractivity contribution in [3.05, 3.63) is 34.9 Å². The van der Waals surface area contributed by atoms with Crippen LogP contribution in [0.4, 0.5) is 10.4 Å². The molecule has 1 fully saturated rings. The second-order valence-corrected chi connectivity index (χ2v) is 7.54. The number of piperidine rings is 1. The molecule has 148 valence electrons. The van der Waals surface area contributed by atoms with Crippen molar-refractivity contribution in [2.45, 2.75) is 32.5 Å². The Kier molecular flexibility index (Phi) is 5.12. The molecule has 8 heteroatoms. The highest BCUT2D eigenvalue weighted by Crippen LogP contribution is 2.35. The summed E-state index contributed by atoms with van der Waals surface area (Å²) in [6, 6.07) is 6.63. The number of anilines is 1. The van der Waals surface area contributed by atoms with Crippen LogP contribution in [-0.4, -0.2) is 51.8 Å². The van der Waals surface area contributed by atoms with Gasteiger partial charge in [-0.1, -0.05) is 18.5 Å². The van der Waals surface area contributed by atoms with E-state index >= 15 is 0 Å². The summed E-state index contributed by atoms with van der Waals surface area (Å²) in [5.74, 6) is 0.0563. The number of hydrogen-bond acceptors (Lipinski definition) is 6. The van der Waals surface area contributed by atoms with Gasteiger partial charge in [-0.3, -0.25) is 0 Å². The molecule has 28 heavy (non-hydrogen) atoms. The first-order chi connectivity index (χ1) is 13.4. The molecule has 0 unspecified atom stereocenters. The van der Waals surface area contributed by atoms with Crippen LogP contribution in [0.25, 0.3) is 22.5 Å². The fourth-order valence-electron chi connectivity index (χ4n) is 3.65. The molecule has 1 saturated heterocycles. The number of phenolic OH excluding ortho intramolecular Hbond substituents is 1. The second kappa shape index (κ2) is 7.56. The maximum absolute atomic E-state index is 14.3. The predicted molar refractivity (Wildman–Crippen MR) is 108 cm³/mol. The SMILES string of the molecule is CCN1CC[C@H](F)[C@@H](Nc2nc3nc(-c4c(C)cc(Cl)cc4O)ccc3o2)C1. The fraction of sp³-hybridized carbons (Fsp3) is 0.400. The van der Waals surface area contributed by atoms with E-state index in [1.165, 1.54) is 6.07 Å². The standard InChI is InChI=1S/C20H22ClFN4O2/c1-3-26-7-6-13(22)15(10-26)24-20-25-19-17(28-20)5-4-14(23-19)18-11(2)8-12(21)9-16(18)27/h4-5,8-9,13,15,27H,3,6-7,10H2,1-2H3,(H,23,24,25)/t13-,15-/m0/s1. The zero-order chi connectivity index (χ0) is 19.8. The summed E-state index contributed by atoms with van der Waals surface area (Å²) in [6.07, 6.45) is -0.460. The number of halogens is 2. The number of rotatable bonds is 4. The third-order valence-corrected chi connectivity index (χ3v) is 5.38. The maximum atomic E-state index is 14.3. The van der Waals surface area contributed by atoms with Crippen LogP contribution in [-0.2, 0) is 0 Å². The smallest absolute Gasteiger partial charge is 0.297 e. The van der Waals surface area contributed by atoms with Crippen LogP contribution in [0.3, 0.4) is 0 Å². The van der Waals surface area contributed by atoms with Gasteiger partial charge in [0.05, 0.1) is 11.7 Å². The van der Waals surface area contributed by atoms with Crippen molar-refractivity contribution in [2.24, 2.45) is 0 Å². The number of nitrogens with zero attached hydrogens (tertiary/aromatic N) is 3. The molecule has 1 aromatic carbocycles. The van der Waals surface area contributed by atoms with E-state index in [0.717, 1.165) is 18.7 Å². The number of phenols is 1. The quantitative estimate of drug-likeness (QED) is 0.671. The van der Waals surface area contributed by atoms with Gasteiger partial charge in [0.25, 0.3) is 6.01 Å². The van der Waals surface area contributed by atoms with Crippen molar-refractivity contribution in [1.82, 2.24) is 14.9 Å². The Bertz CT molecular complexity index is 986. The first-order valence-electron chi connectivity index (χ1n) is 9.34. The van der Waals surface area contributed by atoms with Crippen LogP contribution in [0, 0.1) is 6.92 Å². The molecule has 0 spiro atoms. The number of aromatic nitrogens is 2. The first kappa shape index (κ1) is 19.0. The summed E-state index contributed by atoms with van der Waals surface area (Å²) in [4.78, 5) is 11.1. The lowest BCUT2D eigenvalue weighted by molar-refractivity contribution is 0.140. The summed E-state index contributed by atoms with van der Waals surface area (Å²) in [5.41, 5.74) is 2.86. The number of oxazole rings is 1. The largest absolute Gasteiger partial charge is 0.507 e. The zero-order valence-corrected chi connectivity index (χ0v) is 16.5. The van der Waals surface area contributed by atoms with Crippen LogP contribution in [0.1, 0.15) is 18.9 Å². The lowest BCUT2D eigenvalue weighted by Gasteiger charge is -2.34. The van der Waals surface area contributed by atoms with Crippen LogP contribution in [0.2, 0.25) is 5.02 Å². The molecule has 2 atom stereocenters. The normalized spacial score (nSPS) is 20.6. The topological polar surface area (TPSA) is 74.4 Å². The molecule has 0 radical (unpaired) electrons. The van der Waals surface area contributed by atoms with Gasteiger partial charge in [0, 0.05) is 23.7 Å². The van der Waals surface area contributed by atoms with E-state index in [2.05, 4.69) is 27.1 Å². The van der Waals surface area contributed by atoms with E-state index < -0.39 is 6.17 Å². The highest BCUT2D eigenvalue weighted by atomic mass is 35.5. The first-order valence-corrected chi connectivity index (χ1v) is 9.72. The number of benzene rings is 1. The molecular formula is C20H22ClFN4O2. The molecule has 1 aliphatic rings. The summed E-state index contributed by atoms with van der Waals surface area (Å²) in [6.45, 7) is 6.17. The van der Waals surface area contributed by atoms with E-state index in [-0.39, 0.29) is 17.8 Å². The molecule has 3 heterocycles. The van der Waals surface area contributed by atoms with Crippen LogP contribution in [0.15, 0.2) is 28.7 Å². The Labute approximate surface area is 167 Å². The van der Waals surface area contributed by atoms with Crippen molar-refractivity contribution in [3.8, 4) is 17.0 Å². The average molecular weight is 405 g/mol. The van der Waals surface area contributed by atoms with Gasteiger partial charge in [0.2, 0.25) is 5.65 Å². The minimum absolute atomic E-state index is 0.0563. The molecule has 0 amide bonds. The van der Waals surface area contributed by atoms with Crippen LogP contribution < -0.4 is 5.32 Å². The molecule has 6 nitrogen and oxygen atoms in total. The monoisotopic (exact) mass is 404 g/mol. The van der Waals surface area contributed by atoms with Crippen molar-refractivity contribution in [1.29, 1.82) is 0 Å². The summed E-state index contributed by atoms with van der Waals surface area (Å²) in [7, 11) is 0. The lowest BCUT2D eigenvalue weighted by Crippen LogP contribution is -2.48. The molecule has 0 saturated carbocycles. The summed E-state index contributed by atoms with van der Waals surface area (Å²) >= 11 is 5.98. The van der Waals surface area contributed by atoms with E-state index in [1.807, 2.05) is 6.92 Å². The van der Waals surface area contributed by atoms with Crippen LogP contribution >= 0.6 is 11.6 Å². The van der Waals surface area contributed by atoms with E-state index in [0.29, 0.717) is 40.5 Å².